The van der Waals surface area contributed by atoms with Crippen molar-refractivity contribution in [2.24, 2.45) is 5.10 Å². The fourth-order valence-electron chi connectivity index (χ4n) is 15.0. The van der Waals surface area contributed by atoms with Crippen LogP contribution in [0.25, 0.3) is 49.3 Å². The van der Waals surface area contributed by atoms with Crippen LogP contribution in [0, 0.1) is 6.57 Å². The number of benzene rings is 10. The van der Waals surface area contributed by atoms with Crippen molar-refractivity contribution >= 4 is 197 Å². The number of aromatic carboxylic acids is 6. The number of hydrogen-bond acceptors (Lipinski definition) is 30. The Bertz CT molecular complexity index is 7320. The molecule has 0 unspecified atom stereocenters. The molecule has 6 aliphatic heterocycles. The number of imide groups is 1. The van der Waals surface area contributed by atoms with Crippen LogP contribution in [0.1, 0.15) is 165 Å². The number of anilines is 6. The number of aromatic nitrogens is 2. The van der Waals surface area contributed by atoms with Crippen molar-refractivity contribution in [2.75, 3.05) is 71.6 Å². The number of fused-ring (bicyclic) bond motifs is 2. The van der Waals surface area contributed by atoms with E-state index in [9.17, 15) is 101 Å². The lowest BCUT2D eigenvalue weighted by Gasteiger charge is -2.28. The van der Waals surface area contributed by atoms with E-state index in [-0.39, 0.29) is 140 Å². The quantitative estimate of drug-likeness (QED) is 0.0128. The van der Waals surface area contributed by atoms with Crippen molar-refractivity contribution in [3.8, 4) is 0 Å². The number of cyclic esters (lactones) is 2. The molecule has 0 radical (unpaired) electrons. The number of carbonyl (C=O) groups is 19. The monoisotopic (exact) mass is 1940 g/mol. The summed E-state index contributed by atoms with van der Waals surface area (Å²) in [6.45, 7) is 8.60. The molecular formula is C100H70N10O33. The lowest BCUT2D eigenvalue weighted by atomic mass is 9.97. The number of rotatable bonds is 21. The van der Waals surface area contributed by atoms with Crippen molar-refractivity contribution in [3.05, 3.63) is 331 Å². The summed E-state index contributed by atoms with van der Waals surface area (Å²) in [6.07, 6.45) is -0.748. The molecule has 43 heteroatoms. The fraction of sp³-hybridized carbons (Fsp3) is 0.110. The van der Waals surface area contributed by atoms with Gasteiger partial charge >= 0.3 is 71.6 Å². The molecule has 0 atom stereocenters. The number of carbonyl (C=O) groups excluding carboxylic acids is 13. The van der Waals surface area contributed by atoms with Gasteiger partial charge in [0.2, 0.25) is 17.7 Å². The van der Waals surface area contributed by atoms with E-state index in [1.807, 2.05) is 0 Å². The standard InChI is InChI=1S/C30H16N2O10.C19H16N2O5.2C17H12N2O6.C17H14N2O6/c33-27(34)15-5-7-21-19(9-15)31-25(41-21)23-17(11-39-29(23)37)13-1-2-14(4-3-13)18-12-40-30(38)24(18)26-32-20-10-16(28(35)36)6-8-22(20)42-26;1-25-18(23)13-6-3-5-12(9-13)16-11-17(22)21(20-16)15-8-4-7-14(10-15)19(24)26-2;20-14-9-15(21)19(13-7-3-11(4-8-13)17(24)25)18(14)12-5-1-10(2-6-12)16(22)23;20-14-9-15(21)19(13-6-2-4-11(8-13)17(24)25)18(14)12-5-1-3-10(7-12)16(22)23;1-9-5-13(20)19(15(21)14(9)18-2)12-7-10(16(22)24-3)6-11(8-12)17(23)25-4/h1-10H,11-12H2,(H,33,34)(H,35,36);3-10H,11H2,1-2H3;2*1-8H,9H2,(H,22,23)(H,24,25);6-8H,5H2,1,3-4H3. The maximum atomic E-state index is 12.7. The van der Waals surface area contributed by atoms with Crippen LogP contribution in [0.3, 0.4) is 0 Å². The van der Waals surface area contributed by atoms with E-state index in [1.54, 1.807) is 72.8 Å². The van der Waals surface area contributed by atoms with Crippen molar-refractivity contribution < 1.29 is 159 Å². The van der Waals surface area contributed by atoms with Gasteiger partial charge in [0.1, 0.15) is 48.2 Å². The van der Waals surface area contributed by atoms with Gasteiger partial charge in [-0.25, -0.2) is 97.4 Å². The Morgan fingerprint density at radius 3 is 1.09 bits per heavy atom. The van der Waals surface area contributed by atoms with E-state index in [4.69, 9.17) is 54.8 Å². The van der Waals surface area contributed by atoms with Gasteiger partial charge in [0.05, 0.1) is 137 Å². The number of hydrazone groups is 1. The van der Waals surface area contributed by atoms with E-state index in [0.717, 1.165) is 39.2 Å². The van der Waals surface area contributed by atoms with Gasteiger partial charge in [0.25, 0.3) is 41.1 Å². The molecule has 2 aromatic heterocycles. The molecule has 2 fully saturated rings. The van der Waals surface area contributed by atoms with Gasteiger partial charge in [-0.1, -0.05) is 67.1 Å². The summed E-state index contributed by atoms with van der Waals surface area (Å²) in [5, 5.41) is 64.6. The molecule has 0 bridgehead atoms. The van der Waals surface area contributed by atoms with Crippen LogP contribution >= 0.6 is 0 Å². The van der Waals surface area contributed by atoms with Gasteiger partial charge < -0.3 is 67.9 Å². The minimum atomic E-state index is -1.17. The van der Waals surface area contributed by atoms with E-state index >= 15 is 0 Å². The second-order valence-electron chi connectivity index (χ2n) is 30.8. The SMILES string of the molecule is COC(=O)c1cccc(C2=NN(c3cccc(C(=O)OC)c3)C(=O)C2)c1.O=C(O)c1ccc(N2C(=O)CC(=O)N2c2ccc(C(=O)O)cc2)cc1.O=C(O)c1cccc(N2C(=O)CC(=O)N2c2cccc(C(=O)O)c2)c1.O=C1OCC(c2ccc(C3=C(c4nc5cc(C(=O)O)ccc5o4)C(=O)OC3)cc2)=C1c1nc2cc(C(=O)O)ccc2o1.[C-]#[N+]C1=C(C)CC(=O)N(c2cc(C(=O)OC)cc(C(=O)OC)c2)C1=O. The van der Waals surface area contributed by atoms with Gasteiger partial charge in [-0.15, -0.1) is 0 Å². The van der Waals surface area contributed by atoms with Gasteiger partial charge in [0.15, 0.2) is 11.2 Å². The summed E-state index contributed by atoms with van der Waals surface area (Å²) in [4.78, 5) is 238. The molecule has 12 aromatic rings. The molecule has 143 heavy (non-hydrogen) atoms. The normalized spacial score (nSPS) is 14.3. The molecule has 0 spiro atoms. The topological polar surface area (TPSA) is 589 Å². The Kier molecular flexibility index (Phi) is 28.9. The predicted octanol–water partition coefficient (Wildman–Crippen LogP) is 12.0. The third kappa shape index (κ3) is 21.0. The molecule has 10 aromatic carbocycles. The Morgan fingerprint density at radius 1 is 0.343 bits per heavy atom. The van der Waals surface area contributed by atoms with Crippen molar-refractivity contribution in [3.63, 3.8) is 0 Å². The first-order valence-corrected chi connectivity index (χ1v) is 41.8. The number of esters is 6. The molecule has 43 nitrogen and oxygen atoms in total. The second kappa shape index (κ2) is 41.9. The molecule has 6 aliphatic rings. The van der Waals surface area contributed by atoms with Crippen LogP contribution in [0.4, 0.5) is 34.1 Å². The minimum absolute atomic E-state index is 0.00745. The summed E-state index contributed by atoms with van der Waals surface area (Å²) < 4.78 is 40.7. The predicted molar refractivity (Wildman–Crippen MR) is 496 cm³/mol. The fourth-order valence-corrected chi connectivity index (χ4v) is 15.0. The molecule has 18 rings (SSSR count). The molecule has 6 N–H and O–H groups in total. The number of hydrogen-bond donors (Lipinski definition) is 6. The van der Waals surface area contributed by atoms with E-state index in [1.165, 1.54) is 178 Å². The largest absolute Gasteiger partial charge is 0.478 e. The van der Waals surface area contributed by atoms with Gasteiger partial charge in [0, 0.05) is 17.6 Å². The Balaban J connectivity index is 0.000000145. The molecule has 0 aliphatic carbocycles. The number of nitrogens with zero attached hydrogens (tertiary/aromatic N) is 10. The van der Waals surface area contributed by atoms with E-state index < -0.39 is 113 Å². The summed E-state index contributed by atoms with van der Waals surface area (Å²) in [6, 6.07) is 54.6. The maximum absolute atomic E-state index is 12.7. The van der Waals surface area contributed by atoms with Crippen LogP contribution in [0.15, 0.2) is 250 Å². The lowest BCUT2D eigenvalue weighted by Crippen LogP contribution is -2.41. The Morgan fingerprint density at radius 2 is 0.692 bits per heavy atom. The second-order valence-corrected chi connectivity index (χ2v) is 30.8. The van der Waals surface area contributed by atoms with Crippen molar-refractivity contribution in [1.82, 2.24) is 9.97 Å². The van der Waals surface area contributed by atoms with E-state index in [2.05, 4.69) is 29.4 Å². The highest BCUT2D eigenvalue weighted by Crippen LogP contribution is 2.40. The molecule has 8 heterocycles. The number of oxazole rings is 2. The highest BCUT2D eigenvalue weighted by atomic mass is 16.6. The minimum Gasteiger partial charge on any atom is -0.478 e. The summed E-state index contributed by atoms with van der Waals surface area (Å²) >= 11 is 0. The molecular weight excluding hydrogens is 1870 g/mol. The van der Waals surface area contributed by atoms with Gasteiger partial charge in [-0.2, -0.15) is 5.10 Å². The third-order valence-electron chi connectivity index (χ3n) is 21.8. The Labute approximate surface area is 803 Å². The molecule has 718 valence electrons. The van der Waals surface area contributed by atoms with Crippen LogP contribution in [-0.2, 0) is 71.6 Å². The first kappa shape index (κ1) is 98.6. The summed E-state index contributed by atoms with van der Waals surface area (Å²) in [7, 11) is 4.92. The zero-order valence-corrected chi connectivity index (χ0v) is 74.8. The zero-order valence-electron chi connectivity index (χ0n) is 74.8. The molecule has 0 saturated carbocycles. The molecule has 2 saturated heterocycles. The number of amides is 7. The van der Waals surface area contributed by atoms with E-state index in [0.29, 0.717) is 78.5 Å². The number of hydrazine groups is 2. The number of carboxylic acid groups (broad SMARTS) is 6. The van der Waals surface area contributed by atoms with Crippen LogP contribution in [-0.4, -0.2) is 201 Å². The summed E-state index contributed by atoms with van der Waals surface area (Å²) in [5.41, 5.74) is 7.50. The van der Waals surface area contributed by atoms with Crippen LogP contribution in [0.2, 0.25) is 0 Å². The first-order chi connectivity index (χ1) is 68.4. The number of carboxylic acids is 6. The highest BCUT2D eigenvalue weighted by Gasteiger charge is 2.42. The van der Waals surface area contributed by atoms with Gasteiger partial charge in [-0.05, 0) is 187 Å². The van der Waals surface area contributed by atoms with Crippen molar-refractivity contribution in [2.45, 2.75) is 32.6 Å². The smallest absolute Gasteiger partial charge is 0.344 e. The highest BCUT2D eigenvalue weighted by molar-refractivity contribution is 6.29. The maximum Gasteiger partial charge on any atom is 0.344 e. The third-order valence-corrected chi connectivity index (χ3v) is 21.8. The average molecular weight is 1940 g/mol. The zero-order chi connectivity index (χ0) is 103. The number of ether oxygens (including phenoxy) is 6. The van der Waals surface area contributed by atoms with Crippen LogP contribution in [0.5, 0.6) is 0 Å². The lowest BCUT2D eigenvalue weighted by molar-refractivity contribution is -0.134. The van der Waals surface area contributed by atoms with Gasteiger partial charge in [-0.3, -0.25) is 38.5 Å². The summed E-state index contributed by atoms with van der Waals surface area (Å²) in [5.74, 6) is -14.0. The Hall–Kier alpha value is -20.3. The van der Waals surface area contributed by atoms with Crippen LogP contribution < -0.4 is 29.9 Å². The first-order valence-electron chi connectivity index (χ1n) is 41.8. The number of methoxy groups -OCH3 is 4. The molecule has 7 amide bonds. The van der Waals surface area contributed by atoms with Crippen molar-refractivity contribution in [1.29, 1.82) is 0 Å². The average Bonchev–Trinajstić information content (AvgIpc) is 1.67.